The van der Waals surface area contributed by atoms with Gasteiger partial charge < -0.3 is 0 Å². The van der Waals surface area contributed by atoms with Crippen LogP contribution >= 0.6 is 23.5 Å². The van der Waals surface area contributed by atoms with E-state index in [1.54, 1.807) is 58.3 Å². The predicted molar refractivity (Wildman–Crippen MR) is 138 cm³/mol. The highest BCUT2D eigenvalue weighted by atomic mass is 32.2. The van der Waals surface area contributed by atoms with Crippen LogP contribution in [0.1, 0.15) is 21.9 Å². The number of benzene rings is 3. The lowest BCUT2D eigenvalue weighted by atomic mass is 10.1. The Kier molecular flexibility index (Phi) is 6.37. The van der Waals surface area contributed by atoms with Gasteiger partial charge in [-0.25, -0.2) is 0 Å². The van der Waals surface area contributed by atoms with Crippen molar-refractivity contribution in [1.82, 2.24) is 0 Å². The minimum Gasteiger partial charge on any atom is -0.295 e. The van der Waals surface area contributed by atoms with Gasteiger partial charge in [-0.3, -0.25) is 39.6 Å². The summed E-state index contributed by atoms with van der Waals surface area (Å²) in [5, 5.41) is 21.6. The quantitative estimate of drug-likeness (QED) is 0.325. The van der Waals surface area contributed by atoms with Gasteiger partial charge in [0.1, 0.15) is 10.7 Å². The van der Waals surface area contributed by atoms with E-state index in [4.69, 9.17) is 0 Å². The van der Waals surface area contributed by atoms with E-state index in [2.05, 4.69) is 0 Å². The predicted octanol–water partition coefficient (Wildman–Crippen LogP) is 5.06. The molecule has 2 unspecified atom stereocenters. The maximum atomic E-state index is 12.7. The summed E-state index contributed by atoms with van der Waals surface area (Å²) in [6, 6.07) is 19.4. The number of anilines is 2. The summed E-state index contributed by atoms with van der Waals surface area (Å²) in [6.45, 7) is 0. The second-order valence-corrected chi connectivity index (χ2v) is 10.2. The van der Waals surface area contributed by atoms with Crippen LogP contribution in [0.15, 0.2) is 72.8 Å². The van der Waals surface area contributed by atoms with Gasteiger partial charge in [-0.15, -0.1) is 23.5 Å². The van der Waals surface area contributed by atoms with Gasteiger partial charge in [0.2, 0.25) is 11.8 Å². The highest BCUT2D eigenvalue weighted by Gasteiger charge is 2.37. The molecule has 2 fully saturated rings. The molecule has 0 N–H and O–H groups in total. The third-order valence-electron chi connectivity index (χ3n) is 5.87. The zero-order chi connectivity index (χ0) is 25.4. The Morgan fingerprint density at radius 1 is 0.667 bits per heavy atom. The zero-order valence-electron chi connectivity index (χ0n) is 18.6. The number of rotatable bonds is 6. The van der Waals surface area contributed by atoms with Gasteiger partial charge in [0, 0.05) is 35.6 Å². The van der Waals surface area contributed by atoms with E-state index >= 15 is 0 Å². The van der Waals surface area contributed by atoms with Gasteiger partial charge in [0.25, 0.3) is 11.4 Å². The van der Waals surface area contributed by atoms with E-state index < -0.39 is 20.6 Å². The average molecular weight is 523 g/mol. The van der Waals surface area contributed by atoms with Crippen molar-refractivity contribution in [1.29, 1.82) is 0 Å². The molecule has 182 valence electrons. The fraction of sp³-hybridized carbons (Fsp3) is 0.167. The van der Waals surface area contributed by atoms with Crippen molar-refractivity contribution in [2.24, 2.45) is 0 Å². The maximum Gasteiger partial charge on any atom is 0.269 e. The summed E-state index contributed by atoms with van der Waals surface area (Å²) >= 11 is 2.78. The summed E-state index contributed by atoms with van der Waals surface area (Å²) in [4.78, 5) is 50.2. The number of hydrogen-bond acceptors (Lipinski definition) is 8. The molecule has 2 aliphatic heterocycles. The molecular weight excluding hydrogens is 504 g/mol. The molecule has 2 heterocycles. The summed E-state index contributed by atoms with van der Waals surface area (Å²) < 4.78 is 0. The van der Waals surface area contributed by atoms with Crippen LogP contribution < -0.4 is 9.80 Å². The summed E-state index contributed by atoms with van der Waals surface area (Å²) in [5.74, 6) is 0.245. The van der Waals surface area contributed by atoms with Crippen molar-refractivity contribution in [3.05, 3.63) is 104 Å². The highest BCUT2D eigenvalue weighted by Crippen LogP contribution is 2.45. The molecule has 12 heteroatoms. The molecule has 3 aromatic carbocycles. The van der Waals surface area contributed by atoms with Crippen molar-refractivity contribution < 1.29 is 19.4 Å². The van der Waals surface area contributed by atoms with E-state index in [0.717, 1.165) is 0 Å². The Labute approximate surface area is 213 Å². The number of thioether (sulfide) groups is 2. The van der Waals surface area contributed by atoms with Gasteiger partial charge in [0.05, 0.1) is 21.4 Å². The molecule has 0 spiro atoms. The Balaban J connectivity index is 1.43. The molecule has 36 heavy (non-hydrogen) atoms. The minimum absolute atomic E-state index is 0.0417. The lowest BCUT2D eigenvalue weighted by Gasteiger charge is -2.27. The Bertz CT molecular complexity index is 1280. The number of nitrogens with zero attached hydrogens (tertiary/aromatic N) is 4. The van der Waals surface area contributed by atoms with Crippen molar-refractivity contribution in [2.75, 3.05) is 21.3 Å². The maximum absolute atomic E-state index is 12.7. The number of carbonyl (C=O) groups excluding carboxylic acids is 2. The topological polar surface area (TPSA) is 127 Å². The molecule has 2 amide bonds. The molecule has 0 aliphatic carbocycles. The minimum atomic E-state index is -0.465. The number of carbonyl (C=O) groups is 2. The van der Waals surface area contributed by atoms with Crippen molar-refractivity contribution in [3.8, 4) is 0 Å². The van der Waals surface area contributed by atoms with Crippen LogP contribution in [0.4, 0.5) is 22.7 Å². The second-order valence-electron chi connectivity index (χ2n) is 8.07. The molecule has 2 atom stereocenters. The van der Waals surface area contributed by atoms with Crippen LogP contribution in [0.2, 0.25) is 0 Å². The Morgan fingerprint density at radius 2 is 1.06 bits per heavy atom. The summed E-state index contributed by atoms with van der Waals surface area (Å²) in [5.41, 5.74) is 2.44. The number of amides is 2. The van der Waals surface area contributed by atoms with Crippen LogP contribution in [0.5, 0.6) is 0 Å². The van der Waals surface area contributed by atoms with Crippen LogP contribution in [0.3, 0.4) is 0 Å². The smallest absolute Gasteiger partial charge is 0.269 e. The lowest BCUT2D eigenvalue weighted by Crippen LogP contribution is -2.29. The molecular formula is C24H18N4O6S2. The van der Waals surface area contributed by atoms with Gasteiger partial charge >= 0.3 is 0 Å². The van der Waals surface area contributed by atoms with Crippen molar-refractivity contribution in [3.63, 3.8) is 0 Å². The van der Waals surface area contributed by atoms with Crippen molar-refractivity contribution in [2.45, 2.75) is 10.7 Å². The molecule has 2 aliphatic rings. The number of non-ortho nitro benzene ring substituents is 2. The van der Waals surface area contributed by atoms with E-state index in [1.165, 1.54) is 47.8 Å². The Morgan fingerprint density at radius 3 is 1.42 bits per heavy atom. The van der Waals surface area contributed by atoms with Gasteiger partial charge in [-0.2, -0.15) is 0 Å². The van der Waals surface area contributed by atoms with E-state index in [0.29, 0.717) is 22.5 Å². The van der Waals surface area contributed by atoms with Crippen molar-refractivity contribution >= 4 is 58.1 Å². The normalized spacial score (nSPS) is 19.7. The third-order valence-corrected chi connectivity index (χ3v) is 8.30. The Hall–Kier alpha value is -3.90. The molecule has 10 nitrogen and oxygen atoms in total. The van der Waals surface area contributed by atoms with Gasteiger partial charge in [-0.05, 0) is 35.4 Å². The van der Waals surface area contributed by atoms with E-state index in [9.17, 15) is 29.8 Å². The van der Waals surface area contributed by atoms with Crippen LogP contribution in [0, 0.1) is 20.2 Å². The SMILES string of the molecule is O=C1CSC(c2cccc([N+](=O)[O-])c2)N1c1ccc(N2C(=O)CSC2c2cccc([N+](=O)[O-])c2)cc1. The first-order valence-electron chi connectivity index (χ1n) is 10.8. The van der Waals surface area contributed by atoms with Crippen LogP contribution in [-0.4, -0.2) is 33.2 Å². The average Bonchev–Trinajstić information content (AvgIpc) is 3.46. The summed E-state index contributed by atoms with van der Waals surface area (Å²) in [7, 11) is 0. The monoisotopic (exact) mass is 522 g/mol. The fourth-order valence-corrected chi connectivity index (χ4v) is 6.59. The van der Waals surface area contributed by atoms with E-state index in [1.807, 2.05) is 0 Å². The molecule has 0 bridgehead atoms. The highest BCUT2D eigenvalue weighted by molar-refractivity contribution is 8.01. The zero-order valence-corrected chi connectivity index (χ0v) is 20.2. The van der Waals surface area contributed by atoms with E-state index in [-0.39, 0.29) is 34.7 Å². The first-order valence-corrected chi connectivity index (χ1v) is 12.9. The molecule has 0 saturated carbocycles. The van der Waals surface area contributed by atoms with Gasteiger partial charge in [0.15, 0.2) is 0 Å². The largest absolute Gasteiger partial charge is 0.295 e. The standard InChI is InChI=1S/C24H18N4O6S2/c29-21-13-35-23(15-3-1-5-19(11-15)27(31)32)25(21)17-7-9-18(10-8-17)26-22(30)14-36-24(26)16-4-2-6-20(12-16)28(33)34/h1-12,23-24H,13-14H2. The van der Waals surface area contributed by atoms with Gasteiger partial charge in [-0.1, -0.05) is 24.3 Å². The van der Waals surface area contributed by atoms with Crippen LogP contribution in [0.25, 0.3) is 0 Å². The second kappa shape index (κ2) is 9.63. The summed E-state index contributed by atoms with van der Waals surface area (Å²) in [6.07, 6.45) is 0. The first kappa shape index (κ1) is 23.8. The number of nitro groups is 2. The molecule has 0 radical (unpaired) electrons. The molecule has 5 rings (SSSR count). The third kappa shape index (κ3) is 4.40. The number of hydrogen-bond donors (Lipinski definition) is 0. The molecule has 0 aromatic heterocycles. The number of nitro benzene ring substituents is 2. The lowest BCUT2D eigenvalue weighted by molar-refractivity contribution is -0.385. The molecule has 3 aromatic rings. The molecule has 2 saturated heterocycles. The van der Waals surface area contributed by atoms with Crippen LogP contribution in [-0.2, 0) is 9.59 Å². The fourth-order valence-electron chi connectivity index (χ4n) is 4.26. The first-order chi connectivity index (χ1) is 17.3.